The predicted molar refractivity (Wildman–Crippen MR) is 193 cm³/mol. The van der Waals surface area contributed by atoms with Gasteiger partial charge in [-0.05, 0) is 105 Å². The van der Waals surface area contributed by atoms with E-state index in [4.69, 9.17) is 0 Å². The van der Waals surface area contributed by atoms with Crippen LogP contribution < -0.4 is 0 Å². The van der Waals surface area contributed by atoms with Crippen LogP contribution in [0.1, 0.15) is 113 Å². The Kier molecular flexibility index (Phi) is 10.1. The van der Waals surface area contributed by atoms with Crippen molar-refractivity contribution in [2.45, 2.75) is 117 Å². The van der Waals surface area contributed by atoms with E-state index >= 15 is 0 Å². The Morgan fingerprint density at radius 1 is 0.381 bits per heavy atom. The summed E-state index contributed by atoms with van der Waals surface area (Å²) < 4.78 is 2.88. The first kappa shape index (κ1) is 29.6. The van der Waals surface area contributed by atoms with Gasteiger partial charge in [0.2, 0.25) is 0 Å². The van der Waals surface area contributed by atoms with E-state index in [1.54, 1.807) is 9.75 Å². The summed E-state index contributed by atoms with van der Waals surface area (Å²) >= 11 is 4.02. The van der Waals surface area contributed by atoms with Crippen LogP contribution in [-0.2, 0) is 12.8 Å². The number of benzene rings is 4. The van der Waals surface area contributed by atoms with Crippen LogP contribution in [0.3, 0.4) is 0 Å². The van der Waals surface area contributed by atoms with Crippen molar-refractivity contribution in [1.82, 2.24) is 0 Å². The second-order valence-electron chi connectivity index (χ2n) is 12.6. The van der Waals surface area contributed by atoms with Gasteiger partial charge in [0.15, 0.2) is 0 Å². The summed E-state index contributed by atoms with van der Waals surface area (Å²) in [4.78, 5) is 3.10. The van der Waals surface area contributed by atoms with Crippen molar-refractivity contribution >= 4 is 75.2 Å². The largest absolute Gasteiger partial charge is 0.140 e. The Morgan fingerprint density at radius 3 is 1.21 bits per heavy atom. The van der Waals surface area contributed by atoms with Gasteiger partial charge in [0.25, 0.3) is 0 Å². The highest BCUT2D eigenvalue weighted by Crippen LogP contribution is 2.38. The molecule has 0 fully saturated rings. The first-order chi connectivity index (χ1) is 20.7. The molecule has 0 spiro atoms. The second kappa shape index (κ2) is 14.4. The average molecular weight is 593 g/mol. The monoisotopic (exact) mass is 592 g/mol. The minimum atomic E-state index is 1.23. The number of hydrogen-bond donors (Lipinski definition) is 0. The zero-order valence-corrected chi connectivity index (χ0v) is 27.5. The lowest BCUT2D eigenvalue weighted by atomic mass is 9.96. The summed E-state index contributed by atoms with van der Waals surface area (Å²) in [6.45, 7) is 4.59. The minimum absolute atomic E-state index is 1.23. The van der Waals surface area contributed by atoms with Crippen LogP contribution >= 0.6 is 22.7 Å². The summed E-state index contributed by atoms with van der Waals surface area (Å²) in [5.74, 6) is 0. The SMILES string of the molecule is CCCCCCCCCc1cc2cc3c(ccc4c5cc6cc(CCCCCCCCC)sc6cc5ccc34)cc2s1. The molecule has 0 unspecified atom stereocenters. The summed E-state index contributed by atoms with van der Waals surface area (Å²) in [6, 6.07) is 24.2. The molecule has 0 aliphatic heterocycles. The third-order valence-corrected chi connectivity index (χ3v) is 11.6. The lowest BCUT2D eigenvalue weighted by Gasteiger charge is -2.08. The smallest absolute Gasteiger partial charge is 0.0352 e. The first-order valence-electron chi connectivity index (χ1n) is 17.0. The normalized spacial score (nSPS) is 12.1. The van der Waals surface area contributed by atoms with Gasteiger partial charge in [-0.2, -0.15) is 0 Å². The molecule has 220 valence electrons. The number of aryl methyl sites for hydroxylation is 2. The maximum absolute atomic E-state index is 2.47. The average Bonchev–Trinajstić information content (AvgIpc) is 3.59. The van der Waals surface area contributed by atoms with E-state index in [-0.39, 0.29) is 0 Å². The van der Waals surface area contributed by atoms with Gasteiger partial charge in [0, 0.05) is 19.2 Å². The van der Waals surface area contributed by atoms with E-state index < -0.39 is 0 Å². The van der Waals surface area contributed by atoms with Crippen molar-refractivity contribution in [2.24, 2.45) is 0 Å². The molecule has 2 heteroatoms. The number of thiophene rings is 2. The highest BCUT2D eigenvalue weighted by Gasteiger charge is 2.11. The van der Waals surface area contributed by atoms with Crippen molar-refractivity contribution < 1.29 is 0 Å². The van der Waals surface area contributed by atoms with E-state index in [1.807, 2.05) is 22.7 Å². The Hall–Kier alpha value is -2.42. The van der Waals surface area contributed by atoms with Crippen molar-refractivity contribution in [3.63, 3.8) is 0 Å². The minimum Gasteiger partial charge on any atom is -0.140 e. The van der Waals surface area contributed by atoms with Gasteiger partial charge in [0.1, 0.15) is 0 Å². The molecule has 0 saturated heterocycles. The second-order valence-corrected chi connectivity index (χ2v) is 15.0. The van der Waals surface area contributed by atoms with E-state index in [9.17, 15) is 0 Å². The van der Waals surface area contributed by atoms with Gasteiger partial charge in [-0.15, -0.1) is 22.7 Å². The zero-order chi connectivity index (χ0) is 28.7. The molecule has 0 bridgehead atoms. The highest BCUT2D eigenvalue weighted by atomic mass is 32.1. The molecule has 6 rings (SSSR count). The maximum atomic E-state index is 2.47. The quantitative estimate of drug-likeness (QED) is 0.0774. The predicted octanol–water partition coefficient (Wildman–Crippen LogP) is 14.2. The van der Waals surface area contributed by atoms with Crippen molar-refractivity contribution in [2.75, 3.05) is 0 Å². The van der Waals surface area contributed by atoms with Crippen LogP contribution in [0.15, 0.2) is 60.7 Å². The van der Waals surface area contributed by atoms with Crippen LogP contribution in [0.5, 0.6) is 0 Å². The van der Waals surface area contributed by atoms with Gasteiger partial charge in [-0.3, -0.25) is 0 Å². The fourth-order valence-corrected chi connectivity index (χ4v) is 9.08. The fraction of sp³-hybridized carbons (Fsp3) is 0.450. The van der Waals surface area contributed by atoms with E-state index in [0.717, 1.165) is 0 Å². The molecule has 0 saturated carbocycles. The van der Waals surface area contributed by atoms with Gasteiger partial charge in [0.05, 0.1) is 0 Å². The highest BCUT2D eigenvalue weighted by molar-refractivity contribution is 7.19. The van der Waals surface area contributed by atoms with Crippen molar-refractivity contribution in [3.8, 4) is 0 Å². The molecular formula is C40H48S2. The van der Waals surface area contributed by atoms with E-state index in [0.29, 0.717) is 0 Å². The molecular weight excluding hydrogens is 545 g/mol. The molecule has 0 radical (unpaired) electrons. The van der Waals surface area contributed by atoms with Crippen LogP contribution in [0, 0.1) is 0 Å². The van der Waals surface area contributed by atoms with Crippen molar-refractivity contribution in [1.29, 1.82) is 0 Å². The summed E-state index contributed by atoms with van der Waals surface area (Å²) in [7, 11) is 0. The summed E-state index contributed by atoms with van der Waals surface area (Å²) in [6.07, 6.45) is 21.7. The number of fused-ring (bicyclic) bond motifs is 7. The molecule has 0 N–H and O–H groups in total. The van der Waals surface area contributed by atoms with E-state index in [2.05, 4.69) is 74.5 Å². The molecule has 6 aromatic rings. The molecule has 0 aliphatic carbocycles. The first-order valence-corrected chi connectivity index (χ1v) is 18.6. The van der Waals surface area contributed by atoms with Gasteiger partial charge >= 0.3 is 0 Å². The lowest BCUT2D eigenvalue weighted by Crippen LogP contribution is -1.83. The topological polar surface area (TPSA) is 0 Å². The van der Waals surface area contributed by atoms with Crippen LogP contribution in [-0.4, -0.2) is 0 Å². The standard InChI is InChI=1S/C40H48S2/c1-3-5-7-9-11-13-15-17-33-23-31-25-37-29(27-39(31)41-33)19-21-36-35(37)22-20-30-28-40-32(26-38(30)36)24-34(42-40)18-16-14-12-10-8-6-4-2/h19-28H,3-18H2,1-2H3. The Morgan fingerprint density at radius 2 is 0.786 bits per heavy atom. The zero-order valence-electron chi connectivity index (χ0n) is 25.9. The van der Waals surface area contributed by atoms with Crippen LogP contribution in [0.2, 0.25) is 0 Å². The summed E-state index contributed by atoms with van der Waals surface area (Å²) in [5.41, 5.74) is 0. The Balaban J connectivity index is 1.20. The molecule has 0 atom stereocenters. The Bertz CT molecular complexity index is 1630. The van der Waals surface area contributed by atoms with Crippen molar-refractivity contribution in [3.05, 3.63) is 70.4 Å². The van der Waals surface area contributed by atoms with Crippen LogP contribution in [0.4, 0.5) is 0 Å². The fourth-order valence-electron chi connectivity index (χ4n) is 6.81. The molecule has 42 heavy (non-hydrogen) atoms. The number of rotatable bonds is 16. The summed E-state index contributed by atoms with van der Waals surface area (Å²) in [5, 5.41) is 11.1. The maximum Gasteiger partial charge on any atom is 0.0352 e. The third-order valence-electron chi connectivity index (χ3n) is 9.26. The van der Waals surface area contributed by atoms with Gasteiger partial charge in [-0.1, -0.05) is 115 Å². The molecule has 4 aromatic carbocycles. The van der Waals surface area contributed by atoms with Crippen LogP contribution in [0.25, 0.3) is 52.5 Å². The Labute approximate surface area is 261 Å². The third kappa shape index (κ3) is 6.87. The van der Waals surface area contributed by atoms with Gasteiger partial charge in [-0.25, -0.2) is 0 Å². The molecule has 0 amide bonds. The molecule has 0 aliphatic rings. The molecule has 2 aromatic heterocycles. The molecule has 2 heterocycles. The number of unbranched alkanes of at least 4 members (excludes halogenated alkanes) is 12. The number of hydrogen-bond acceptors (Lipinski definition) is 2. The van der Waals surface area contributed by atoms with Gasteiger partial charge < -0.3 is 0 Å². The lowest BCUT2D eigenvalue weighted by molar-refractivity contribution is 0.590. The van der Waals surface area contributed by atoms with E-state index in [1.165, 1.54) is 155 Å². The molecule has 0 nitrogen and oxygen atoms in total.